The quantitative estimate of drug-likeness (QED) is 0.339. The van der Waals surface area contributed by atoms with Gasteiger partial charge in [-0.3, -0.25) is 4.21 Å². The van der Waals surface area contributed by atoms with E-state index >= 15 is 0 Å². The molecule has 3 aromatic rings. The van der Waals surface area contributed by atoms with Crippen LogP contribution in [-0.4, -0.2) is 9.96 Å². The maximum absolute atomic E-state index is 12.7. The van der Waals surface area contributed by atoms with Gasteiger partial charge in [0.1, 0.15) is 0 Å². The molecule has 0 amide bonds. The molecule has 0 N–H and O–H groups in total. The standard InChI is InChI=1S/C27H29ClOS/c1-4-22-12-14-27(15-13-22)30(29)16-6-8-24(25-7-5-9-26(28)19-25)18-23-11-10-20(2)21(3)17-23/h4-5,7,9-15,17,19,24H,1,6,8,16,18H2,2-3H3. The van der Waals surface area contributed by atoms with Crippen molar-refractivity contribution in [2.24, 2.45) is 0 Å². The van der Waals surface area contributed by atoms with Crippen LogP contribution in [0, 0.1) is 13.8 Å². The summed E-state index contributed by atoms with van der Waals surface area (Å²) in [5.74, 6) is 1.02. The second kappa shape index (κ2) is 10.7. The van der Waals surface area contributed by atoms with Gasteiger partial charge in [0.2, 0.25) is 0 Å². The Hall–Kier alpha value is -2.16. The average Bonchev–Trinajstić information content (AvgIpc) is 2.75. The van der Waals surface area contributed by atoms with E-state index in [0.29, 0.717) is 11.7 Å². The summed E-state index contributed by atoms with van der Waals surface area (Å²) in [5.41, 5.74) is 6.27. The van der Waals surface area contributed by atoms with E-state index in [4.69, 9.17) is 11.6 Å². The smallest absolute Gasteiger partial charge is 0.0529 e. The van der Waals surface area contributed by atoms with Crippen LogP contribution in [-0.2, 0) is 17.2 Å². The number of benzene rings is 3. The van der Waals surface area contributed by atoms with Gasteiger partial charge in [0.15, 0.2) is 0 Å². The molecule has 3 heteroatoms. The fourth-order valence-electron chi connectivity index (χ4n) is 3.70. The molecule has 0 aliphatic carbocycles. The minimum absolute atomic E-state index is 0.353. The lowest BCUT2D eigenvalue weighted by Gasteiger charge is -2.19. The molecule has 0 heterocycles. The van der Waals surface area contributed by atoms with E-state index < -0.39 is 10.8 Å². The molecule has 2 unspecified atom stereocenters. The van der Waals surface area contributed by atoms with E-state index in [2.05, 4.69) is 50.8 Å². The molecule has 0 spiro atoms. The Bertz CT molecular complexity index is 1020. The maximum atomic E-state index is 12.7. The van der Waals surface area contributed by atoms with Crippen molar-refractivity contribution in [1.82, 2.24) is 0 Å². The highest BCUT2D eigenvalue weighted by Crippen LogP contribution is 2.29. The summed E-state index contributed by atoms with van der Waals surface area (Å²) in [7, 11) is -0.984. The zero-order valence-electron chi connectivity index (χ0n) is 17.7. The van der Waals surface area contributed by atoms with Gasteiger partial charge in [0, 0.05) is 15.7 Å². The molecule has 156 valence electrons. The van der Waals surface area contributed by atoms with Crippen LogP contribution in [0.15, 0.2) is 78.2 Å². The highest BCUT2D eigenvalue weighted by Gasteiger charge is 2.15. The molecule has 0 aliphatic heterocycles. The molecule has 0 saturated heterocycles. The molecular formula is C27H29ClOS. The van der Waals surface area contributed by atoms with Gasteiger partial charge in [-0.2, -0.15) is 0 Å². The topological polar surface area (TPSA) is 17.1 Å². The molecule has 0 radical (unpaired) electrons. The van der Waals surface area contributed by atoms with Crippen molar-refractivity contribution in [1.29, 1.82) is 0 Å². The number of halogens is 1. The average molecular weight is 437 g/mol. The van der Waals surface area contributed by atoms with Gasteiger partial charge in [-0.1, -0.05) is 66.7 Å². The van der Waals surface area contributed by atoms with Crippen LogP contribution in [0.2, 0.25) is 5.02 Å². The molecule has 0 aliphatic rings. The summed E-state index contributed by atoms with van der Waals surface area (Å²) in [6.45, 7) is 8.07. The van der Waals surface area contributed by atoms with Gasteiger partial charge in [-0.25, -0.2) is 0 Å². The number of aryl methyl sites for hydroxylation is 2. The molecule has 0 bridgehead atoms. The van der Waals surface area contributed by atoms with Crippen molar-refractivity contribution in [3.8, 4) is 0 Å². The Morgan fingerprint density at radius 1 is 1.00 bits per heavy atom. The van der Waals surface area contributed by atoms with Crippen LogP contribution in [0.5, 0.6) is 0 Å². The molecule has 3 rings (SSSR count). The Kier molecular flexibility index (Phi) is 8.07. The lowest BCUT2D eigenvalue weighted by Crippen LogP contribution is -2.07. The molecule has 2 atom stereocenters. The zero-order valence-corrected chi connectivity index (χ0v) is 19.3. The van der Waals surface area contributed by atoms with Crippen molar-refractivity contribution in [3.05, 3.63) is 106 Å². The van der Waals surface area contributed by atoms with Gasteiger partial charge < -0.3 is 0 Å². The Balaban J connectivity index is 1.69. The fraction of sp³-hybridized carbons (Fsp3) is 0.259. The lowest BCUT2D eigenvalue weighted by molar-refractivity contribution is 0.607. The van der Waals surface area contributed by atoms with Crippen LogP contribution >= 0.6 is 11.6 Å². The van der Waals surface area contributed by atoms with E-state index in [0.717, 1.165) is 34.7 Å². The molecule has 30 heavy (non-hydrogen) atoms. The molecule has 0 saturated carbocycles. The van der Waals surface area contributed by atoms with Crippen molar-refractivity contribution >= 4 is 28.5 Å². The van der Waals surface area contributed by atoms with Crippen LogP contribution in [0.1, 0.15) is 46.6 Å². The minimum Gasteiger partial charge on any atom is -0.254 e. The summed E-state index contributed by atoms with van der Waals surface area (Å²) >= 11 is 6.27. The third kappa shape index (κ3) is 6.17. The van der Waals surface area contributed by atoms with E-state index in [-0.39, 0.29) is 0 Å². The summed E-state index contributed by atoms with van der Waals surface area (Å²) < 4.78 is 12.7. The molecule has 1 nitrogen and oxygen atoms in total. The van der Waals surface area contributed by atoms with E-state index in [9.17, 15) is 4.21 Å². The van der Waals surface area contributed by atoms with Gasteiger partial charge in [0.25, 0.3) is 0 Å². The molecule has 0 fully saturated rings. The highest BCUT2D eigenvalue weighted by atomic mass is 35.5. The van der Waals surface area contributed by atoms with Crippen molar-refractivity contribution in [2.75, 3.05) is 5.75 Å². The fourth-order valence-corrected chi connectivity index (χ4v) is 5.00. The van der Waals surface area contributed by atoms with Crippen LogP contribution < -0.4 is 0 Å². The van der Waals surface area contributed by atoms with E-state index in [1.54, 1.807) is 6.08 Å². The summed E-state index contributed by atoms with van der Waals surface area (Å²) in [4.78, 5) is 0.883. The number of rotatable bonds is 9. The van der Waals surface area contributed by atoms with Gasteiger partial charge in [-0.05, 0) is 91.1 Å². The SMILES string of the molecule is C=Cc1ccc(S(=O)CCCC(Cc2ccc(C)c(C)c2)c2cccc(Cl)c2)cc1. The first-order valence-corrected chi connectivity index (χ1v) is 12.1. The lowest BCUT2D eigenvalue weighted by atomic mass is 9.87. The monoisotopic (exact) mass is 436 g/mol. The van der Waals surface area contributed by atoms with Crippen molar-refractivity contribution in [2.45, 2.75) is 43.9 Å². The van der Waals surface area contributed by atoms with E-state index in [1.807, 2.05) is 36.4 Å². The third-order valence-electron chi connectivity index (χ3n) is 5.63. The van der Waals surface area contributed by atoms with Crippen molar-refractivity contribution in [3.63, 3.8) is 0 Å². The second-order valence-corrected chi connectivity index (χ2v) is 9.85. The third-order valence-corrected chi connectivity index (χ3v) is 7.33. The number of hydrogen-bond donors (Lipinski definition) is 0. The normalized spacial score (nSPS) is 13.0. The maximum Gasteiger partial charge on any atom is 0.0529 e. The predicted octanol–water partition coefficient (Wildman–Crippen LogP) is 7.51. The zero-order chi connectivity index (χ0) is 21.5. The molecular weight excluding hydrogens is 408 g/mol. The van der Waals surface area contributed by atoms with E-state index in [1.165, 1.54) is 22.3 Å². The first-order valence-electron chi connectivity index (χ1n) is 10.4. The summed E-state index contributed by atoms with van der Waals surface area (Å²) in [6.07, 6.45) is 4.64. The van der Waals surface area contributed by atoms with Crippen molar-refractivity contribution < 1.29 is 4.21 Å². The first kappa shape index (κ1) is 22.5. The van der Waals surface area contributed by atoms with Gasteiger partial charge >= 0.3 is 0 Å². The second-order valence-electron chi connectivity index (χ2n) is 7.84. The summed E-state index contributed by atoms with van der Waals surface area (Å²) in [6, 6.07) is 22.7. The Morgan fingerprint density at radius 3 is 2.43 bits per heavy atom. The summed E-state index contributed by atoms with van der Waals surface area (Å²) in [5, 5.41) is 0.767. The minimum atomic E-state index is -0.984. The highest BCUT2D eigenvalue weighted by molar-refractivity contribution is 7.85. The Morgan fingerprint density at radius 2 is 1.77 bits per heavy atom. The van der Waals surface area contributed by atoms with Crippen LogP contribution in [0.4, 0.5) is 0 Å². The molecule has 0 aromatic heterocycles. The largest absolute Gasteiger partial charge is 0.254 e. The van der Waals surface area contributed by atoms with Crippen LogP contribution in [0.3, 0.4) is 0 Å². The van der Waals surface area contributed by atoms with Gasteiger partial charge in [0.05, 0.1) is 10.8 Å². The number of hydrogen-bond acceptors (Lipinski definition) is 1. The van der Waals surface area contributed by atoms with Crippen LogP contribution in [0.25, 0.3) is 6.08 Å². The predicted molar refractivity (Wildman–Crippen MR) is 131 cm³/mol. The molecule has 3 aromatic carbocycles. The van der Waals surface area contributed by atoms with Gasteiger partial charge in [-0.15, -0.1) is 0 Å². The first-order chi connectivity index (χ1) is 14.5. The Labute approximate surface area is 188 Å².